The third-order valence-electron chi connectivity index (χ3n) is 28.9. The standard InChI is InChI=1S/C32H45F3NSi.C31H35F3NSi.C29H31F3NSi.C27H35F3NSi/c1-21(2)18-37(19-22(3)4,20-23(5)6)28-10-11-29-27(16-28)12-13-36(9)31(29)30-15-26(17-32(33,34)35)14-24(7)25(30)8;1-21-17-23(20-31(32,33)34)18-28(22(21)2)29-27-14-13-26(19-24(27)15-16-35(29)5)36(6,7)30(3,4)25-11-9-8-10-12-25;1-20-15-23(18-29(30,31)32)16-27(21(20)2)28-26-12-11-25(17-24(26)13-14-33(28)3)34(4,5)19-22-9-7-6-8-10-22;1-18-13-20(16-27(28,29)30)14-24(19(18)2)25-23-10-9-22(15-21(23)11-12-31(25)6)32(7,8)17-26(3,4)5/h10-16,21-23H,17-20H2,1-9H3;8-19H,20H2,1-7H3;6-17H,18-19H2,1-5H3;9-15H,16-17H2,1-8H3/q4*+1. The Morgan fingerprint density at radius 2 is 0.547 bits per heavy atom. The van der Waals surface area contributed by atoms with Crippen LogP contribution in [0.25, 0.3) is 88.1 Å². The number of halogens is 12. The lowest BCUT2D eigenvalue weighted by Gasteiger charge is -2.41. The molecule has 738 valence electrons. The summed E-state index contributed by atoms with van der Waals surface area (Å²) < 4.78 is 166. The van der Waals surface area contributed by atoms with Gasteiger partial charge in [-0.05, 0) is 238 Å². The number of pyridine rings is 4. The molecule has 10 aromatic carbocycles. The summed E-state index contributed by atoms with van der Waals surface area (Å²) in [6.07, 6.45) is -12.5. The van der Waals surface area contributed by atoms with E-state index in [9.17, 15) is 52.7 Å². The van der Waals surface area contributed by atoms with Crippen LogP contribution in [0.4, 0.5) is 52.7 Å². The van der Waals surface area contributed by atoms with Gasteiger partial charge in [-0.2, -0.15) is 52.7 Å². The number of hydrogen-bond donors (Lipinski definition) is 0. The van der Waals surface area contributed by atoms with Gasteiger partial charge < -0.3 is 0 Å². The van der Waals surface area contributed by atoms with Crippen LogP contribution >= 0.6 is 0 Å². The molecule has 0 spiro atoms. The quantitative estimate of drug-likeness (QED) is 0.0345. The number of fused-ring (bicyclic) bond motifs is 4. The van der Waals surface area contributed by atoms with Crippen molar-refractivity contribution in [2.75, 3.05) is 0 Å². The fourth-order valence-electron chi connectivity index (χ4n) is 21.6. The zero-order valence-corrected chi connectivity index (χ0v) is 91.4. The molecule has 0 saturated heterocycles. The van der Waals surface area contributed by atoms with Crippen LogP contribution in [0.2, 0.25) is 63.5 Å². The van der Waals surface area contributed by atoms with E-state index in [2.05, 4.69) is 278 Å². The van der Waals surface area contributed by atoms with Crippen LogP contribution < -0.4 is 39.0 Å². The summed E-state index contributed by atoms with van der Waals surface area (Å²) in [4.78, 5) is 0. The van der Waals surface area contributed by atoms with Crippen molar-refractivity contribution in [2.24, 2.45) is 51.4 Å². The van der Waals surface area contributed by atoms with Crippen molar-refractivity contribution in [3.8, 4) is 45.0 Å². The summed E-state index contributed by atoms with van der Waals surface area (Å²) in [6, 6.07) is 76.6. The van der Waals surface area contributed by atoms with Gasteiger partial charge >= 0.3 is 24.7 Å². The first-order valence-electron chi connectivity index (χ1n) is 48.9. The molecule has 0 amide bonds. The average Bonchev–Trinajstić information content (AvgIpc) is 0.771. The lowest BCUT2D eigenvalue weighted by Crippen LogP contribution is -2.57. The number of benzene rings is 10. The van der Waals surface area contributed by atoms with E-state index in [-0.39, 0.29) is 10.5 Å². The van der Waals surface area contributed by atoms with Crippen LogP contribution in [-0.2, 0) is 65.0 Å². The molecule has 0 fully saturated rings. The zero-order chi connectivity index (χ0) is 103. The van der Waals surface area contributed by atoms with Gasteiger partial charge in [0.25, 0.3) is 0 Å². The third kappa shape index (κ3) is 26.8. The highest BCUT2D eigenvalue weighted by Crippen LogP contribution is 2.43. The lowest BCUT2D eigenvalue weighted by molar-refractivity contribution is -0.659. The highest BCUT2D eigenvalue weighted by Gasteiger charge is 2.44. The van der Waals surface area contributed by atoms with Crippen molar-refractivity contribution in [3.05, 3.63) is 309 Å². The first-order chi connectivity index (χ1) is 64.4. The molecule has 0 saturated carbocycles. The van der Waals surface area contributed by atoms with Crippen LogP contribution in [0.15, 0.2) is 231 Å². The van der Waals surface area contributed by atoms with Gasteiger partial charge in [-0.15, -0.1) is 0 Å². The van der Waals surface area contributed by atoms with Crippen LogP contribution in [0.5, 0.6) is 0 Å². The van der Waals surface area contributed by atoms with E-state index in [1.165, 1.54) is 61.4 Å². The Morgan fingerprint density at radius 3 is 0.827 bits per heavy atom. The Hall–Kier alpha value is -10.1. The predicted octanol–water partition coefficient (Wildman–Crippen LogP) is 29.9. The number of aromatic nitrogens is 4. The van der Waals surface area contributed by atoms with E-state index in [4.69, 9.17) is 0 Å². The van der Waals surface area contributed by atoms with Gasteiger partial charge in [0.15, 0.2) is 24.8 Å². The third-order valence-corrected chi connectivity index (χ3v) is 47.4. The smallest absolute Gasteiger partial charge is 0.200 e. The van der Waals surface area contributed by atoms with Gasteiger partial charge in [0.05, 0.1) is 102 Å². The van der Waals surface area contributed by atoms with Crippen LogP contribution in [-0.4, -0.2) is 57.0 Å². The summed E-state index contributed by atoms with van der Waals surface area (Å²) in [7, 11) is 0.774. The molecule has 14 aromatic rings. The normalized spacial score (nSPS) is 12.8. The van der Waals surface area contributed by atoms with Crippen LogP contribution in [0.3, 0.4) is 0 Å². The summed E-state index contributed by atoms with van der Waals surface area (Å²) >= 11 is 0. The summed E-state index contributed by atoms with van der Waals surface area (Å²) in [5.74, 6) is 1.93. The molecule has 0 radical (unpaired) electrons. The van der Waals surface area contributed by atoms with Crippen molar-refractivity contribution in [3.63, 3.8) is 0 Å². The van der Waals surface area contributed by atoms with Crippen molar-refractivity contribution in [2.45, 2.75) is 256 Å². The Labute approximate surface area is 823 Å². The van der Waals surface area contributed by atoms with E-state index in [1.54, 1.807) is 48.5 Å². The molecule has 4 heterocycles. The summed E-state index contributed by atoms with van der Waals surface area (Å²) in [5.41, 5.74) is 19.1. The Bertz CT molecular complexity index is 6750. The predicted molar refractivity (Wildman–Crippen MR) is 569 cm³/mol. The second kappa shape index (κ2) is 42.6. The second-order valence-electron chi connectivity index (χ2n) is 44.7. The van der Waals surface area contributed by atoms with Gasteiger partial charge in [-0.25, -0.2) is 18.3 Å². The largest absolute Gasteiger partial charge is 0.393 e. The molecule has 0 aliphatic rings. The maximum atomic E-state index is 13.3. The maximum Gasteiger partial charge on any atom is 0.393 e. The van der Waals surface area contributed by atoms with E-state index < -0.39 is 82.7 Å². The van der Waals surface area contributed by atoms with Gasteiger partial charge in [-0.3, -0.25) is 0 Å². The molecule has 0 N–H and O–H groups in total. The number of rotatable bonds is 23. The number of aryl methyl sites for hydroxylation is 8. The van der Waals surface area contributed by atoms with Gasteiger partial charge in [-0.1, -0.05) is 293 Å². The van der Waals surface area contributed by atoms with Crippen LogP contribution in [0, 0.1) is 78.6 Å². The van der Waals surface area contributed by atoms with Crippen molar-refractivity contribution >= 4 is 96.1 Å². The summed E-state index contributed by atoms with van der Waals surface area (Å²) in [6.45, 7) is 55.7. The minimum absolute atomic E-state index is 0.0177. The van der Waals surface area contributed by atoms with Gasteiger partial charge in [0, 0.05) is 24.3 Å². The van der Waals surface area contributed by atoms with E-state index >= 15 is 0 Å². The first-order valence-corrected chi connectivity index (χ1v) is 60.9. The molecule has 0 atom stereocenters. The van der Waals surface area contributed by atoms with Crippen LogP contribution in [0.1, 0.15) is 154 Å². The highest BCUT2D eigenvalue weighted by atomic mass is 28.3. The molecule has 14 rings (SSSR count). The number of hydrogen-bond acceptors (Lipinski definition) is 0. The average molecular weight is 1970 g/mol. The molecule has 0 aliphatic heterocycles. The SMILES string of the molecule is Cc1cc(CC(F)(F)F)cc(-c2c3ccc([Si](C)(C)C(C)(C)c4ccccc4)cc3cc[n+]2C)c1C.Cc1cc(CC(F)(F)F)cc(-c2c3ccc([Si](C)(C)CC(C)(C)C)cc3cc[n+]2C)c1C.Cc1cc(CC(F)(F)F)cc(-c2c3ccc([Si](C)(C)Cc4ccccc4)cc3cc[n+]2C)c1C.Cc1cc(CC(F)(F)F)cc(-c2c3ccc([Si](CC(C)C)(CC(C)C)CC(C)C)cc3cc[n+]2C)c1C. The molecule has 4 nitrogen and oxygen atoms in total. The van der Waals surface area contributed by atoms with Crippen molar-refractivity contribution in [1.82, 2.24) is 0 Å². The first kappa shape index (κ1) is 109. The number of alkyl halides is 12. The Morgan fingerprint density at radius 1 is 0.288 bits per heavy atom. The van der Waals surface area contributed by atoms with Crippen molar-refractivity contribution < 1.29 is 71.0 Å². The fraction of sp³-hybridized carbons (Fsp3) is 0.395. The van der Waals surface area contributed by atoms with Gasteiger partial charge in [0.2, 0.25) is 22.8 Å². The minimum atomic E-state index is -4.24. The molecule has 0 aliphatic carbocycles. The molecular formula is C119H146F12N4Si4+4. The minimum Gasteiger partial charge on any atom is -0.200 e. The summed E-state index contributed by atoms with van der Waals surface area (Å²) in [5, 5.41) is 14.5. The van der Waals surface area contributed by atoms with Crippen molar-refractivity contribution in [1.29, 1.82) is 0 Å². The second-order valence-corrected chi connectivity index (χ2v) is 63.5. The molecule has 20 heteroatoms. The van der Waals surface area contributed by atoms with E-state index in [1.807, 2.05) is 122 Å². The van der Waals surface area contributed by atoms with E-state index in [0.717, 1.165) is 133 Å². The molecule has 0 bridgehead atoms. The molecule has 0 unspecified atom stereocenters. The Balaban J connectivity index is 0.000000178. The Kier molecular flexibility index (Phi) is 33.5. The lowest BCUT2D eigenvalue weighted by atomic mass is 9.93. The fourth-order valence-corrected chi connectivity index (χ4v) is 37.5. The zero-order valence-electron chi connectivity index (χ0n) is 87.4. The molecular weight excluding hydrogens is 1830 g/mol. The maximum absolute atomic E-state index is 13.3. The highest BCUT2D eigenvalue weighted by molar-refractivity contribution is 6.93. The van der Waals surface area contributed by atoms with E-state index in [0.29, 0.717) is 40.0 Å². The monoisotopic (exact) mass is 1970 g/mol. The molecule has 139 heavy (non-hydrogen) atoms. The molecule has 4 aromatic heterocycles. The van der Waals surface area contributed by atoms with Gasteiger partial charge in [0.1, 0.15) is 28.2 Å². The topological polar surface area (TPSA) is 15.5 Å². The number of nitrogens with zero attached hydrogens (tertiary/aromatic N) is 4.